The van der Waals surface area contributed by atoms with Gasteiger partial charge in [0.05, 0.1) is 7.11 Å². The third kappa shape index (κ3) is 3.10. The van der Waals surface area contributed by atoms with Crippen LogP contribution in [0.5, 0.6) is 5.88 Å². The first kappa shape index (κ1) is 17.7. The predicted molar refractivity (Wildman–Crippen MR) is 104 cm³/mol. The Hall–Kier alpha value is -3.43. The quantitative estimate of drug-likeness (QED) is 0.640. The molecule has 10 heteroatoms. The molecule has 150 valence electrons. The van der Waals surface area contributed by atoms with Gasteiger partial charge in [-0.1, -0.05) is 0 Å². The van der Waals surface area contributed by atoms with E-state index >= 15 is 0 Å². The summed E-state index contributed by atoms with van der Waals surface area (Å²) in [5.74, 6) is 2.85. The van der Waals surface area contributed by atoms with Gasteiger partial charge >= 0.3 is 0 Å². The largest absolute Gasteiger partial charge is 0.479 e. The van der Waals surface area contributed by atoms with Gasteiger partial charge in [0.25, 0.3) is 5.91 Å². The number of carbonyl (C=O) groups excluding carboxylic acids is 1. The Labute approximate surface area is 167 Å². The van der Waals surface area contributed by atoms with Crippen LogP contribution in [-0.2, 0) is 7.05 Å². The van der Waals surface area contributed by atoms with E-state index in [1.165, 1.54) is 7.11 Å². The number of methoxy groups -OCH3 is 1. The summed E-state index contributed by atoms with van der Waals surface area (Å²) in [6.45, 7) is 3.20. The van der Waals surface area contributed by atoms with E-state index in [9.17, 15) is 4.79 Å². The summed E-state index contributed by atoms with van der Waals surface area (Å²) in [6, 6.07) is 3.82. The summed E-state index contributed by atoms with van der Waals surface area (Å²) < 4.78 is 8.58. The molecule has 2 fully saturated rings. The van der Waals surface area contributed by atoms with Crippen molar-refractivity contribution in [3.8, 4) is 11.7 Å². The maximum absolute atomic E-state index is 12.9. The Balaban J connectivity index is 1.28. The van der Waals surface area contributed by atoms with Crippen molar-refractivity contribution >= 4 is 11.7 Å². The fraction of sp³-hybridized carbons (Fsp3) is 0.421. The molecule has 2 saturated heterocycles. The molecule has 0 aliphatic carbocycles. The monoisotopic (exact) mass is 394 g/mol. The molecule has 5 heterocycles. The second-order valence-electron chi connectivity index (χ2n) is 7.55. The van der Waals surface area contributed by atoms with Gasteiger partial charge in [-0.2, -0.15) is 5.10 Å². The highest BCUT2D eigenvalue weighted by Crippen LogP contribution is 2.34. The van der Waals surface area contributed by atoms with Crippen LogP contribution < -0.4 is 9.64 Å². The lowest BCUT2D eigenvalue weighted by Gasteiger charge is -2.22. The fourth-order valence-corrected chi connectivity index (χ4v) is 4.32. The average molecular weight is 394 g/mol. The van der Waals surface area contributed by atoms with Crippen LogP contribution in [0.3, 0.4) is 0 Å². The second-order valence-corrected chi connectivity index (χ2v) is 7.55. The van der Waals surface area contributed by atoms with Gasteiger partial charge < -0.3 is 14.5 Å². The molecule has 0 N–H and O–H groups in total. The number of carbonyl (C=O) groups is 1. The Morgan fingerprint density at radius 1 is 1.14 bits per heavy atom. The van der Waals surface area contributed by atoms with Gasteiger partial charge in [-0.25, -0.2) is 14.6 Å². The molecule has 2 atom stereocenters. The smallest absolute Gasteiger partial charge is 0.260 e. The van der Waals surface area contributed by atoms with Crippen LogP contribution >= 0.6 is 0 Å². The first-order chi connectivity index (χ1) is 14.1. The maximum atomic E-state index is 12.9. The molecule has 3 aromatic heterocycles. The molecule has 3 aromatic rings. The van der Waals surface area contributed by atoms with Gasteiger partial charge in [0.2, 0.25) is 5.88 Å². The highest BCUT2D eigenvalue weighted by atomic mass is 16.5. The van der Waals surface area contributed by atoms with Crippen molar-refractivity contribution in [1.82, 2.24) is 34.4 Å². The molecular weight excluding hydrogens is 372 g/mol. The number of hydrogen-bond acceptors (Lipinski definition) is 7. The van der Waals surface area contributed by atoms with Crippen molar-refractivity contribution in [2.45, 2.75) is 0 Å². The number of fused-ring (bicyclic) bond motifs is 1. The van der Waals surface area contributed by atoms with Crippen LogP contribution in [0.4, 0.5) is 5.82 Å². The predicted octanol–water partition coefficient (Wildman–Crippen LogP) is 0.613. The topological polar surface area (TPSA) is 94.2 Å². The summed E-state index contributed by atoms with van der Waals surface area (Å²) in [5, 5.41) is 8.42. The van der Waals surface area contributed by atoms with Gasteiger partial charge in [0.15, 0.2) is 5.82 Å². The maximum Gasteiger partial charge on any atom is 0.260 e. The molecule has 0 bridgehead atoms. The lowest BCUT2D eigenvalue weighted by molar-refractivity contribution is 0.0779. The van der Waals surface area contributed by atoms with Crippen molar-refractivity contribution < 1.29 is 9.53 Å². The first-order valence-corrected chi connectivity index (χ1v) is 9.56. The molecule has 29 heavy (non-hydrogen) atoms. The number of rotatable bonds is 4. The standard InChI is InChI=1S/C19H22N8O2/c1-24-11-15(18(23-24)29-2)19(28)26-9-13-7-25(8-14(13)10-26)16-6-17(21-12-20-16)27-5-3-4-22-27/h3-6,11-14H,7-10H2,1-2H3. The normalized spacial score (nSPS) is 20.9. The minimum absolute atomic E-state index is 0.0149. The Morgan fingerprint density at radius 2 is 1.90 bits per heavy atom. The van der Waals surface area contributed by atoms with E-state index in [-0.39, 0.29) is 5.91 Å². The molecule has 2 aliphatic rings. The summed E-state index contributed by atoms with van der Waals surface area (Å²) in [6.07, 6.45) is 6.89. The van der Waals surface area contributed by atoms with Crippen molar-refractivity contribution in [2.75, 3.05) is 38.2 Å². The van der Waals surface area contributed by atoms with Gasteiger partial charge in [0.1, 0.15) is 17.7 Å². The Kier molecular flexibility index (Phi) is 4.18. The number of ether oxygens (including phenoxy) is 1. The minimum Gasteiger partial charge on any atom is -0.479 e. The summed E-state index contributed by atoms with van der Waals surface area (Å²) in [7, 11) is 3.32. The minimum atomic E-state index is -0.0149. The van der Waals surface area contributed by atoms with E-state index in [0.717, 1.165) is 37.8 Å². The number of hydrogen-bond donors (Lipinski definition) is 0. The first-order valence-electron chi connectivity index (χ1n) is 9.56. The summed E-state index contributed by atoms with van der Waals surface area (Å²) in [4.78, 5) is 25.9. The molecular formula is C19H22N8O2. The zero-order valence-corrected chi connectivity index (χ0v) is 16.3. The number of nitrogens with zero attached hydrogens (tertiary/aromatic N) is 8. The second kappa shape index (κ2) is 6.87. The molecule has 2 aliphatic heterocycles. The number of aromatic nitrogens is 6. The van der Waals surface area contributed by atoms with E-state index in [4.69, 9.17) is 4.74 Å². The number of aryl methyl sites for hydroxylation is 1. The lowest BCUT2D eigenvalue weighted by atomic mass is 10.0. The molecule has 0 aromatic carbocycles. The number of amides is 1. The highest BCUT2D eigenvalue weighted by molar-refractivity contribution is 5.96. The lowest BCUT2D eigenvalue weighted by Crippen LogP contribution is -2.33. The van der Waals surface area contributed by atoms with E-state index < -0.39 is 0 Å². The average Bonchev–Trinajstić information content (AvgIpc) is 3.49. The van der Waals surface area contributed by atoms with Gasteiger partial charge in [-0.05, 0) is 6.07 Å². The van der Waals surface area contributed by atoms with Gasteiger partial charge in [-0.3, -0.25) is 9.48 Å². The van der Waals surface area contributed by atoms with Crippen LogP contribution in [0, 0.1) is 11.8 Å². The zero-order valence-electron chi connectivity index (χ0n) is 16.3. The van der Waals surface area contributed by atoms with E-state index in [2.05, 4.69) is 25.1 Å². The molecule has 2 unspecified atom stereocenters. The van der Waals surface area contributed by atoms with Crippen LogP contribution in [0.1, 0.15) is 10.4 Å². The third-order valence-corrected chi connectivity index (χ3v) is 5.69. The summed E-state index contributed by atoms with van der Waals surface area (Å²) in [5.41, 5.74) is 0.520. The van der Waals surface area contributed by atoms with E-state index in [1.807, 2.05) is 23.2 Å². The SMILES string of the molecule is COc1nn(C)cc1C(=O)N1CC2CN(c3cc(-n4cccn4)ncn3)CC2C1. The van der Waals surface area contributed by atoms with Crippen molar-refractivity contribution in [3.05, 3.63) is 42.6 Å². The molecule has 0 radical (unpaired) electrons. The van der Waals surface area contributed by atoms with Crippen molar-refractivity contribution in [3.63, 3.8) is 0 Å². The van der Waals surface area contributed by atoms with Crippen molar-refractivity contribution in [2.24, 2.45) is 18.9 Å². The molecule has 1 amide bonds. The van der Waals surface area contributed by atoms with Crippen LogP contribution in [0.2, 0.25) is 0 Å². The van der Waals surface area contributed by atoms with Crippen LogP contribution in [-0.4, -0.2) is 73.6 Å². The Bertz CT molecular complexity index is 1020. The summed E-state index contributed by atoms with van der Waals surface area (Å²) >= 11 is 0. The molecule has 5 rings (SSSR count). The van der Waals surface area contributed by atoms with Crippen LogP contribution in [0.25, 0.3) is 5.82 Å². The molecule has 0 spiro atoms. The highest BCUT2D eigenvalue weighted by Gasteiger charge is 2.42. The number of likely N-dealkylation sites (tertiary alicyclic amines) is 1. The molecule has 0 saturated carbocycles. The Morgan fingerprint density at radius 3 is 2.59 bits per heavy atom. The van der Waals surface area contributed by atoms with E-state index in [1.54, 1.807) is 35.1 Å². The number of anilines is 1. The molecule has 10 nitrogen and oxygen atoms in total. The van der Waals surface area contributed by atoms with Gasteiger partial charge in [-0.15, -0.1) is 5.10 Å². The fourth-order valence-electron chi connectivity index (χ4n) is 4.32. The van der Waals surface area contributed by atoms with E-state index in [0.29, 0.717) is 23.3 Å². The zero-order chi connectivity index (χ0) is 20.0. The van der Waals surface area contributed by atoms with Crippen LogP contribution in [0.15, 0.2) is 37.1 Å². The van der Waals surface area contributed by atoms with Gasteiger partial charge in [0, 0.05) is 69.7 Å². The third-order valence-electron chi connectivity index (χ3n) is 5.69. The van der Waals surface area contributed by atoms with Crippen molar-refractivity contribution in [1.29, 1.82) is 0 Å².